The van der Waals surface area contributed by atoms with Crippen molar-refractivity contribution in [2.45, 2.75) is 12.6 Å². The molecule has 3 N–H and O–H groups in total. The number of anilines is 3. The summed E-state index contributed by atoms with van der Waals surface area (Å²) in [5.41, 5.74) is 1.02. The lowest BCUT2D eigenvalue weighted by Crippen LogP contribution is -2.41. The van der Waals surface area contributed by atoms with Crippen LogP contribution in [-0.4, -0.2) is 78.9 Å². The van der Waals surface area contributed by atoms with E-state index in [2.05, 4.69) is 25.6 Å². The van der Waals surface area contributed by atoms with Gasteiger partial charge in [-0.2, -0.15) is 23.1 Å². The fraction of sp³-hybridized carbons (Fsp3) is 0.435. The van der Waals surface area contributed by atoms with Crippen LogP contribution in [-0.2, 0) is 22.1 Å². The minimum Gasteiger partial charge on any atom is -0.491 e. The molecule has 2 aliphatic heterocycles. The van der Waals surface area contributed by atoms with Gasteiger partial charge in [-0.15, -0.1) is 0 Å². The van der Waals surface area contributed by atoms with E-state index in [9.17, 15) is 18.0 Å². The molecule has 0 aliphatic carbocycles. The van der Waals surface area contributed by atoms with Crippen molar-refractivity contribution in [3.8, 4) is 5.75 Å². The van der Waals surface area contributed by atoms with Gasteiger partial charge in [-0.3, -0.25) is 4.79 Å². The van der Waals surface area contributed by atoms with E-state index < -0.39 is 11.7 Å². The number of aromatic amines is 1. The number of methoxy groups -OCH3 is 1. The van der Waals surface area contributed by atoms with Gasteiger partial charge < -0.3 is 34.7 Å². The van der Waals surface area contributed by atoms with E-state index in [0.717, 1.165) is 11.8 Å². The zero-order chi connectivity index (χ0) is 25.3. The van der Waals surface area contributed by atoms with Gasteiger partial charge in [0.05, 0.1) is 43.1 Å². The quantitative estimate of drug-likeness (QED) is 0.419. The van der Waals surface area contributed by atoms with Crippen LogP contribution >= 0.6 is 0 Å². The Hall–Kier alpha value is -3.58. The molecule has 0 saturated carbocycles. The monoisotopic (exact) mass is 506 g/mol. The molecule has 2 aliphatic rings. The lowest BCUT2D eigenvalue weighted by molar-refractivity contribution is -0.136. The van der Waals surface area contributed by atoms with E-state index in [1.807, 2.05) is 0 Å². The lowest BCUT2D eigenvalue weighted by atomic mass is 10.0. The van der Waals surface area contributed by atoms with E-state index >= 15 is 0 Å². The first-order valence-corrected chi connectivity index (χ1v) is 11.5. The Morgan fingerprint density at radius 1 is 1.22 bits per heavy atom. The number of rotatable bonds is 7. The van der Waals surface area contributed by atoms with Crippen molar-refractivity contribution >= 4 is 34.4 Å². The summed E-state index contributed by atoms with van der Waals surface area (Å²) in [5, 5.41) is 5.80. The van der Waals surface area contributed by atoms with Gasteiger partial charge in [-0.1, -0.05) is 0 Å². The summed E-state index contributed by atoms with van der Waals surface area (Å²) in [6, 6.07) is 3.42. The van der Waals surface area contributed by atoms with Crippen molar-refractivity contribution in [2.75, 3.05) is 63.8 Å². The SMILES string of the molecule is COCCNc1nc(Nc2ccc(C(=O)N3CCOCC3)c3c2OCC3)nc2[nH]cc(C(F)(F)F)c12. The van der Waals surface area contributed by atoms with Crippen LogP contribution in [0.5, 0.6) is 5.75 Å². The predicted octanol–water partition coefficient (Wildman–Crippen LogP) is 3.19. The average Bonchev–Trinajstić information content (AvgIpc) is 3.52. The smallest absolute Gasteiger partial charge is 0.418 e. The number of alkyl halides is 3. The first kappa shape index (κ1) is 24.1. The van der Waals surface area contributed by atoms with Crippen molar-refractivity contribution in [2.24, 2.45) is 0 Å². The Morgan fingerprint density at radius 2 is 2.03 bits per heavy atom. The van der Waals surface area contributed by atoms with Gasteiger partial charge in [0, 0.05) is 50.5 Å². The minimum atomic E-state index is -4.58. The van der Waals surface area contributed by atoms with Gasteiger partial charge in [-0.25, -0.2) is 0 Å². The number of aromatic nitrogens is 3. The molecule has 13 heteroatoms. The van der Waals surface area contributed by atoms with E-state index in [1.54, 1.807) is 17.0 Å². The van der Waals surface area contributed by atoms with Crippen molar-refractivity contribution in [3.63, 3.8) is 0 Å². The number of nitrogens with one attached hydrogen (secondary N) is 3. The fourth-order valence-electron chi connectivity index (χ4n) is 4.36. The molecule has 1 aromatic carbocycles. The average molecular weight is 506 g/mol. The van der Waals surface area contributed by atoms with E-state index in [4.69, 9.17) is 14.2 Å². The number of hydrogen-bond acceptors (Lipinski definition) is 8. The summed E-state index contributed by atoms with van der Waals surface area (Å²) in [7, 11) is 1.50. The highest BCUT2D eigenvalue weighted by molar-refractivity contribution is 5.98. The van der Waals surface area contributed by atoms with Gasteiger partial charge >= 0.3 is 6.18 Å². The maximum atomic E-state index is 13.6. The lowest BCUT2D eigenvalue weighted by Gasteiger charge is -2.27. The van der Waals surface area contributed by atoms with Crippen LogP contribution in [0.1, 0.15) is 21.5 Å². The second-order valence-electron chi connectivity index (χ2n) is 8.34. The molecule has 1 saturated heterocycles. The first-order valence-electron chi connectivity index (χ1n) is 11.5. The Labute approximate surface area is 204 Å². The second kappa shape index (κ2) is 9.82. The van der Waals surface area contributed by atoms with Crippen molar-refractivity contribution in [1.82, 2.24) is 19.9 Å². The molecular formula is C23H25F3N6O4. The molecule has 0 bridgehead atoms. The Morgan fingerprint density at radius 3 is 2.78 bits per heavy atom. The molecule has 0 radical (unpaired) electrons. The molecule has 0 spiro atoms. The Kier molecular flexibility index (Phi) is 6.58. The number of ether oxygens (including phenoxy) is 3. The number of hydrogen-bond donors (Lipinski definition) is 3. The largest absolute Gasteiger partial charge is 0.491 e. The van der Waals surface area contributed by atoms with Gasteiger partial charge in [0.2, 0.25) is 5.95 Å². The number of amides is 1. The summed E-state index contributed by atoms with van der Waals surface area (Å²) in [6.45, 7) is 2.99. The zero-order valence-corrected chi connectivity index (χ0v) is 19.5. The third-order valence-corrected chi connectivity index (χ3v) is 6.07. The van der Waals surface area contributed by atoms with Gasteiger partial charge in [0.25, 0.3) is 5.91 Å². The summed E-state index contributed by atoms with van der Waals surface area (Å²) in [6.07, 6.45) is -3.14. The van der Waals surface area contributed by atoms with E-state index in [1.165, 1.54) is 7.11 Å². The highest BCUT2D eigenvalue weighted by Crippen LogP contribution is 2.40. The highest BCUT2D eigenvalue weighted by Gasteiger charge is 2.36. The molecule has 2 aromatic heterocycles. The second-order valence-corrected chi connectivity index (χ2v) is 8.34. The third-order valence-electron chi connectivity index (χ3n) is 6.07. The standard InChI is InChI=1S/C23H25F3N6O4/c1-34-9-5-27-19-17-15(23(24,25)26)12-28-20(17)31-22(30-19)29-16-3-2-14(13-4-8-36-18(13)16)21(33)32-6-10-35-11-7-32/h2-3,12H,4-11H2,1H3,(H3,27,28,29,30,31). The molecule has 1 amide bonds. The molecule has 192 valence electrons. The van der Waals surface area contributed by atoms with Crippen LogP contribution in [0.15, 0.2) is 18.3 Å². The van der Waals surface area contributed by atoms with E-state index in [0.29, 0.717) is 56.3 Å². The number of morpholine rings is 1. The summed E-state index contributed by atoms with van der Waals surface area (Å²) in [4.78, 5) is 26.0. The number of carbonyl (C=O) groups is 1. The Bertz CT molecular complexity index is 1270. The summed E-state index contributed by atoms with van der Waals surface area (Å²) >= 11 is 0. The maximum Gasteiger partial charge on any atom is 0.418 e. The zero-order valence-electron chi connectivity index (χ0n) is 19.5. The number of benzene rings is 1. The number of nitrogens with zero attached hydrogens (tertiary/aromatic N) is 3. The molecule has 36 heavy (non-hydrogen) atoms. The topological polar surface area (TPSA) is 114 Å². The summed E-state index contributed by atoms with van der Waals surface area (Å²) in [5.74, 6) is 0.516. The normalized spacial score (nSPS) is 15.6. The Balaban J connectivity index is 1.48. The highest BCUT2D eigenvalue weighted by atomic mass is 19.4. The van der Waals surface area contributed by atoms with Gasteiger partial charge in [-0.05, 0) is 12.1 Å². The van der Waals surface area contributed by atoms with Crippen LogP contribution in [0.2, 0.25) is 0 Å². The molecule has 4 heterocycles. The van der Waals surface area contributed by atoms with Crippen molar-refractivity contribution in [1.29, 1.82) is 0 Å². The molecular weight excluding hydrogens is 481 g/mol. The fourth-order valence-corrected chi connectivity index (χ4v) is 4.36. The van der Waals surface area contributed by atoms with Crippen LogP contribution < -0.4 is 15.4 Å². The molecule has 10 nitrogen and oxygen atoms in total. The number of halogens is 3. The number of fused-ring (bicyclic) bond motifs is 2. The predicted molar refractivity (Wildman–Crippen MR) is 125 cm³/mol. The van der Waals surface area contributed by atoms with Crippen LogP contribution in [0.25, 0.3) is 11.0 Å². The first-order chi connectivity index (χ1) is 17.4. The van der Waals surface area contributed by atoms with Gasteiger partial charge in [0.1, 0.15) is 17.2 Å². The van der Waals surface area contributed by atoms with Crippen molar-refractivity contribution < 1.29 is 32.2 Å². The molecule has 5 rings (SSSR count). The minimum absolute atomic E-state index is 0.0183. The molecule has 0 unspecified atom stereocenters. The molecule has 3 aromatic rings. The van der Waals surface area contributed by atoms with Crippen molar-refractivity contribution in [3.05, 3.63) is 35.0 Å². The van der Waals surface area contributed by atoms with Gasteiger partial charge in [0.15, 0.2) is 0 Å². The van der Waals surface area contributed by atoms with Crippen LogP contribution in [0.3, 0.4) is 0 Å². The number of carbonyl (C=O) groups excluding carboxylic acids is 1. The molecule has 1 fully saturated rings. The third kappa shape index (κ3) is 4.63. The number of H-pyrrole nitrogens is 1. The molecule has 0 atom stereocenters. The van der Waals surface area contributed by atoms with Crippen LogP contribution in [0.4, 0.5) is 30.6 Å². The summed E-state index contributed by atoms with van der Waals surface area (Å²) < 4.78 is 56.8. The van der Waals surface area contributed by atoms with Crippen LogP contribution in [0, 0.1) is 0 Å². The van der Waals surface area contributed by atoms with E-state index in [-0.39, 0.29) is 41.9 Å². The maximum absolute atomic E-state index is 13.6.